The van der Waals surface area contributed by atoms with Crippen LogP contribution in [0, 0.1) is 0 Å². The van der Waals surface area contributed by atoms with Crippen molar-refractivity contribution in [1.82, 2.24) is 0 Å². The van der Waals surface area contributed by atoms with E-state index < -0.39 is 23.9 Å². The minimum absolute atomic E-state index is 0.0257. The molecule has 1 heterocycles. The van der Waals surface area contributed by atoms with Crippen LogP contribution in [0.5, 0.6) is 0 Å². The van der Waals surface area contributed by atoms with E-state index in [4.69, 9.17) is 0 Å². The first-order valence-electron chi connectivity index (χ1n) is 5.22. The third-order valence-corrected chi connectivity index (χ3v) is 2.41. The molecule has 0 radical (unpaired) electrons. The Labute approximate surface area is 107 Å². The van der Waals surface area contributed by atoms with Gasteiger partial charge in [-0.2, -0.15) is 0 Å². The van der Waals surface area contributed by atoms with Gasteiger partial charge in [0.2, 0.25) is 0 Å². The van der Waals surface area contributed by atoms with Crippen LogP contribution in [0.3, 0.4) is 0 Å². The number of esters is 4. The number of hydrogen-bond donors (Lipinski definition) is 0. The molecule has 0 N–H and O–H groups in total. The van der Waals surface area contributed by atoms with E-state index in [0.29, 0.717) is 0 Å². The summed E-state index contributed by atoms with van der Waals surface area (Å²) in [5.41, 5.74) is 0.0964. The van der Waals surface area contributed by atoms with E-state index in [2.05, 4.69) is 16.1 Å². The summed E-state index contributed by atoms with van der Waals surface area (Å²) in [6.07, 6.45) is 0. The topological polar surface area (TPSA) is 86.7 Å². The van der Waals surface area contributed by atoms with Gasteiger partial charge in [-0.15, -0.1) is 0 Å². The van der Waals surface area contributed by atoms with Gasteiger partial charge in [0.1, 0.15) is 0 Å². The maximum Gasteiger partial charge on any atom is 0.346 e. The van der Waals surface area contributed by atoms with Gasteiger partial charge in [-0.1, -0.05) is 6.58 Å². The highest BCUT2D eigenvalue weighted by Gasteiger charge is 2.30. The second kappa shape index (κ2) is 4.49. The molecule has 1 aromatic rings. The van der Waals surface area contributed by atoms with Crippen molar-refractivity contribution in [3.63, 3.8) is 0 Å². The fourth-order valence-electron chi connectivity index (χ4n) is 1.44. The van der Waals surface area contributed by atoms with Gasteiger partial charge in [0.05, 0.1) is 16.7 Å². The minimum Gasteiger partial charge on any atom is -0.386 e. The molecule has 2 rings (SSSR count). The third kappa shape index (κ3) is 2.28. The van der Waals surface area contributed by atoms with Crippen LogP contribution in [0.2, 0.25) is 0 Å². The van der Waals surface area contributed by atoms with Crippen molar-refractivity contribution in [2.75, 3.05) is 0 Å². The number of hydrogen-bond acceptors (Lipinski definition) is 6. The first kappa shape index (κ1) is 12.7. The molecule has 0 saturated carbocycles. The highest BCUT2D eigenvalue weighted by molar-refractivity contribution is 6.15. The van der Waals surface area contributed by atoms with Crippen molar-refractivity contribution >= 4 is 23.9 Å². The van der Waals surface area contributed by atoms with Gasteiger partial charge in [-0.05, 0) is 25.1 Å². The van der Waals surface area contributed by atoms with Crippen LogP contribution in [0.25, 0.3) is 0 Å². The molecule has 1 aromatic carbocycles. The lowest BCUT2D eigenvalue weighted by Crippen LogP contribution is -2.13. The van der Waals surface area contributed by atoms with Crippen LogP contribution in [0.15, 0.2) is 30.4 Å². The van der Waals surface area contributed by atoms with Crippen molar-refractivity contribution in [2.45, 2.75) is 6.92 Å². The van der Waals surface area contributed by atoms with E-state index in [1.807, 2.05) is 0 Å². The monoisotopic (exact) mass is 260 g/mol. The zero-order valence-corrected chi connectivity index (χ0v) is 9.89. The quantitative estimate of drug-likeness (QED) is 0.452. The van der Waals surface area contributed by atoms with Crippen molar-refractivity contribution in [3.8, 4) is 0 Å². The molecule has 0 saturated heterocycles. The van der Waals surface area contributed by atoms with E-state index in [9.17, 15) is 19.2 Å². The Bertz CT molecular complexity index is 641. The maximum absolute atomic E-state index is 11.6. The number of fused-ring (bicyclic) bond motifs is 1. The molecule has 0 aliphatic carbocycles. The third-order valence-electron chi connectivity index (χ3n) is 2.41. The van der Waals surface area contributed by atoms with Crippen molar-refractivity contribution in [3.05, 3.63) is 47.0 Å². The molecule has 6 heteroatoms. The summed E-state index contributed by atoms with van der Waals surface area (Å²) in [5.74, 6) is -3.38. The molecule has 0 amide bonds. The molecule has 6 nitrogen and oxygen atoms in total. The van der Waals surface area contributed by atoms with Crippen LogP contribution in [0.1, 0.15) is 38.0 Å². The second-order valence-electron chi connectivity index (χ2n) is 3.89. The van der Waals surface area contributed by atoms with E-state index in [-0.39, 0.29) is 22.3 Å². The Morgan fingerprint density at radius 1 is 1.16 bits per heavy atom. The predicted octanol–water partition coefficient (Wildman–Crippen LogP) is 1.26. The first-order chi connectivity index (χ1) is 8.90. The molecule has 1 aliphatic rings. The maximum atomic E-state index is 11.6. The summed E-state index contributed by atoms with van der Waals surface area (Å²) in [6.45, 7) is 4.73. The molecular formula is C13H8O6. The van der Waals surface area contributed by atoms with Gasteiger partial charge in [-0.25, -0.2) is 19.2 Å². The fraction of sp³-hybridized carbons (Fsp3) is 0.0769. The SMILES string of the molecule is C=C(C)C(=O)OC(=O)c1ccc2c(c1)C(=O)OC2=O. The second-order valence-corrected chi connectivity index (χ2v) is 3.89. The van der Waals surface area contributed by atoms with Gasteiger partial charge in [-0.3, -0.25) is 0 Å². The smallest absolute Gasteiger partial charge is 0.346 e. The molecule has 0 fully saturated rings. The largest absolute Gasteiger partial charge is 0.386 e. The van der Waals surface area contributed by atoms with Crippen LogP contribution in [0.4, 0.5) is 0 Å². The van der Waals surface area contributed by atoms with Crippen LogP contribution >= 0.6 is 0 Å². The van der Waals surface area contributed by atoms with Gasteiger partial charge < -0.3 is 9.47 Å². The van der Waals surface area contributed by atoms with Crippen LogP contribution < -0.4 is 0 Å². The molecule has 0 bridgehead atoms. The standard InChI is InChI=1S/C13H8O6/c1-6(2)10(14)18-11(15)7-3-4-8-9(5-7)13(17)19-12(8)16/h3-5H,1H2,2H3. The van der Waals surface area contributed by atoms with E-state index in [0.717, 1.165) is 6.07 Å². The van der Waals surface area contributed by atoms with Crippen molar-refractivity contribution in [1.29, 1.82) is 0 Å². The van der Waals surface area contributed by atoms with Crippen molar-refractivity contribution in [2.24, 2.45) is 0 Å². The van der Waals surface area contributed by atoms with Crippen LogP contribution in [-0.4, -0.2) is 23.9 Å². The summed E-state index contributed by atoms with van der Waals surface area (Å²) < 4.78 is 8.88. The molecule has 0 atom stereocenters. The van der Waals surface area contributed by atoms with Crippen molar-refractivity contribution < 1.29 is 28.7 Å². The zero-order valence-electron chi connectivity index (χ0n) is 9.89. The van der Waals surface area contributed by atoms with Gasteiger partial charge in [0, 0.05) is 5.57 Å². The highest BCUT2D eigenvalue weighted by atomic mass is 16.6. The number of carbonyl (C=O) groups is 4. The Morgan fingerprint density at radius 2 is 1.79 bits per heavy atom. The predicted molar refractivity (Wildman–Crippen MR) is 61.4 cm³/mol. The number of carbonyl (C=O) groups excluding carboxylic acids is 4. The molecule has 19 heavy (non-hydrogen) atoms. The normalized spacial score (nSPS) is 12.7. The summed E-state index contributed by atoms with van der Waals surface area (Å²) in [7, 11) is 0. The summed E-state index contributed by atoms with van der Waals surface area (Å²) in [5, 5.41) is 0. The molecule has 96 valence electrons. The summed E-state index contributed by atoms with van der Waals surface area (Å²) >= 11 is 0. The van der Waals surface area contributed by atoms with Gasteiger partial charge in [0.15, 0.2) is 0 Å². The Hall–Kier alpha value is -2.76. The lowest BCUT2D eigenvalue weighted by atomic mass is 10.1. The Kier molecular flexibility index (Phi) is 3.00. The lowest BCUT2D eigenvalue weighted by molar-refractivity contribution is -0.133. The summed E-state index contributed by atoms with van der Waals surface area (Å²) in [4.78, 5) is 45.3. The number of cyclic esters (lactones) is 2. The Balaban J connectivity index is 2.28. The molecule has 0 spiro atoms. The molecule has 0 unspecified atom stereocenters. The number of ether oxygens (including phenoxy) is 2. The minimum atomic E-state index is -0.928. The highest BCUT2D eigenvalue weighted by Crippen LogP contribution is 2.21. The molecular weight excluding hydrogens is 252 g/mol. The van der Waals surface area contributed by atoms with Gasteiger partial charge >= 0.3 is 23.9 Å². The lowest BCUT2D eigenvalue weighted by Gasteiger charge is -2.02. The fourth-order valence-corrected chi connectivity index (χ4v) is 1.44. The van der Waals surface area contributed by atoms with E-state index >= 15 is 0 Å². The molecule has 1 aliphatic heterocycles. The van der Waals surface area contributed by atoms with Crippen LogP contribution in [-0.2, 0) is 14.3 Å². The average molecular weight is 260 g/mol. The molecule has 0 aromatic heterocycles. The Morgan fingerprint density at radius 3 is 2.42 bits per heavy atom. The number of benzene rings is 1. The average Bonchev–Trinajstić information content (AvgIpc) is 2.64. The van der Waals surface area contributed by atoms with E-state index in [1.54, 1.807) is 0 Å². The van der Waals surface area contributed by atoms with E-state index in [1.165, 1.54) is 19.1 Å². The first-order valence-corrected chi connectivity index (χ1v) is 5.22. The van der Waals surface area contributed by atoms with Gasteiger partial charge in [0.25, 0.3) is 0 Å². The number of rotatable bonds is 2. The zero-order chi connectivity index (χ0) is 14.2. The summed E-state index contributed by atoms with van der Waals surface area (Å²) in [6, 6.07) is 3.69.